The predicted octanol–water partition coefficient (Wildman–Crippen LogP) is 4.18. The van der Waals surface area contributed by atoms with Gasteiger partial charge in [-0.15, -0.1) is 0 Å². The molecule has 0 unspecified atom stereocenters. The highest BCUT2D eigenvalue weighted by atomic mass is 19.4. The lowest BCUT2D eigenvalue weighted by atomic mass is 10.1. The second kappa shape index (κ2) is 7.25. The number of carbonyl (C=O) groups excluding carboxylic acids is 1. The molecule has 3 rings (SSSR count). The van der Waals surface area contributed by atoms with E-state index in [4.69, 9.17) is 4.74 Å². The van der Waals surface area contributed by atoms with Gasteiger partial charge in [-0.2, -0.15) is 13.2 Å². The number of ether oxygens (including phenoxy) is 1. The predicted molar refractivity (Wildman–Crippen MR) is 93.5 cm³/mol. The maximum atomic E-state index is 13.0. The normalized spacial score (nSPS) is 14.7. The first kappa shape index (κ1) is 18.1. The summed E-state index contributed by atoms with van der Waals surface area (Å²) in [6, 6.07) is 11.2. The number of para-hydroxylation sites is 1. The number of rotatable bonds is 4. The van der Waals surface area contributed by atoms with Crippen LogP contribution in [0.3, 0.4) is 0 Å². The molecule has 1 heterocycles. The number of nitrogens with one attached hydrogen (secondary N) is 2. The van der Waals surface area contributed by atoms with E-state index in [9.17, 15) is 18.0 Å². The van der Waals surface area contributed by atoms with Crippen molar-refractivity contribution in [2.45, 2.75) is 12.3 Å². The van der Waals surface area contributed by atoms with E-state index in [2.05, 4.69) is 15.5 Å². The number of alkyl halides is 3. The molecule has 8 heteroatoms. The zero-order valence-electron chi connectivity index (χ0n) is 14.0. The molecular weight excluding hydrogens is 347 g/mol. The number of hydrogen-bond donors (Lipinski definition) is 2. The zero-order chi connectivity index (χ0) is 18.7. The molecule has 0 aliphatic carbocycles. The molecule has 1 saturated heterocycles. The minimum Gasteiger partial charge on any atom is -0.378 e. The minimum absolute atomic E-state index is 0.229. The summed E-state index contributed by atoms with van der Waals surface area (Å²) in [6.07, 6.45) is -4.31. The molecule has 0 atom stereocenters. The van der Waals surface area contributed by atoms with Gasteiger partial charge in [0.25, 0.3) is 0 Å². The van der Waals surface area contributed by atoms with Gasteiger partial charge in [0.2, 0.25) is 0 Å². The van der Waals surface area contributed by atoms with Crippen molar-refractivity contribution in [2.24, 2.45) is 0 Å². The summed E-state index contributed by atoms with van der Waals surface area (Å²) in [7, 11) is 1.67. The van der Waals surface area contributed by atoms with Gasteiger partial charge in [0.1, 0.15) is 0 Å². The van der Waals surface area contributed by atoms with Crippen LogP contribution in [0.5, 0.6) is 0 Å². The molecule has 2 amide bonds. The average Bonchev–Trinajstić information content (AvgIpc) is 2.55. The van der Waals surface area contributed by atoms with Crippen LogP contribution in [0.1, 0.15) is 5.56 Å². The van der Waals surface area contributed by atoms with E-state index in [1.54, 1.807) is 19.2 Å². The summed E-state index contributed by atoms with van der Waals surface area (Å²) in [6.45, 7) is 1.61. The molecule has 0 aromatic heterocycles. The Morgan fingerprint density at radius 3 is 2.35 bits per heavy atom. The standard InChI is InChI=1S/C18H18F3N3O2/c1-26-14-10-24(11-14)13-8-6-12(7-9-13)22-17(25)23-16-5-3-2-4-15(16)18(19,20)21/h2-9,14H,10-11H2,1H3,(H2,22,23,25). The van der Waals surface area contributed by atoms with Crippen molar-refractivity contribution in [3.8, 4) is 0 Å². The third kappa shape index (κ3) is 4.08. The van der Waals surface area contributed by atoms with Crippen LogP contribution in [0.25, 0.3) is 0 Å². The van der Waals surface area contributed by atoms with Crippen molar-refractivity contribution >= 4 is 23.1 Å². The highest BCUT2D eigenvalue weighted by molar-refractivity contribution is 6.00. The van der Waals surface area contributed by atoms with Gasteiger partial charge in [0.05, 0.1) is 17.4 Å². The monoisotopic (exact) mass is 365 g/mol. The van der Waals surface area contributed by atoms with E-state index in [-0.39, 0.29) is 11.8 Å². The number of benzene rings is 2. The first-order chi connectivity index (χ1) is 12.4. The van der Waals surface area contributed by atoms with Crippen LogP contribution in [0.4, 0.5) is 35.0 Å². The molecule has 0 spiro atoms. The van der Waals surface area contributed by atoms with Gasteiger partial charge in [-0.1, -0.05) is 12.1 Å². The number of nitrogens with zero attached hydrogens (tertiary/aromatic N) is 1. The van der Waals surface area contributed by atoms with Crippen molar-refractivity contribution in [1.82, 2.24) is 0 Å². The molecule has 5 nitrogen and oxygen atoms in total. The lowest BCUT2D eigenvalue weighted by Crippen LogP contribution is -2.51. The summed E-state index contributed by atoms with van der Waals surface area (Å²) in [5, 5.41) is 4.77. The molecule has 2 N–H and O–H groups in total. The summed E-state index contributed by atoms with van der Waals surface area (Å²) in [4.78, 5) is 14.1. The maximum Gasteiger partial charge on any atom is 0.418 e. The summed E-state index contributed by atoms with van der Waals surface area (Å²) < 4.78 is 44.1. The van der Waals surface area contributed by atoms with Gasteiger partial charge in [-0.05, 0) is 36.4 Å². The van der Waals surface area contributed by atoms with E-state index < -0.39 is 17.8 Å². The van der Waals surface area contributed by atoms with Crippen LogP contribution in [0.2, 0.25) is 0 Å². The smallest absolute Gasteiger partial charge is 0.378 e. The molecule has 2 aromatic carbocycles. The fraction of sp³-hybridized carbons (Fsp3) is 0.278. The number of methoxy groups -OCH3 is 1. The number of amides is 2. The van der Waals surface area contributed by atoms with Gasteiger partial charge in [0, 0.05) is 31.6 Å². The molecule has 1 aliphatic heterocycles. The lowest BCUT2D eigenvalue weighted by molar-refractivity contribution is -0.136. The van der Waals surface area contributed by atoms with Crippen molar-refractivity contribution in [3.63, 3.8) is 0 Å². The third-order valence-electron chi connectivity index (χ3n) is 4.15. The Labute approximate surface area is 148 Å². The van der Waals surface area contributed by atoms with Crippen LogP contribution in [0, 0.1) is 0 Å². The Hall–Kier alpha value is -2.74. The molecule has 1 aliphatic rings. The quantitative estimate of drug-likeness (QED) is 0.855. The van der Waals surface area contributed by atoms with Crippen molar-refractivity contribution in [2.75, 3.05) is 35.7 Å². The number of hydrogen-bond acceptors (Lipinski definition) is 3. The fourth-order valence-corrected chi connectivity index (χ4v) is 2.68. The van der Waals surface area contributed by atoms with E-state index in [0.29, 0.717) is 5.69 Å². The Balaban J connectivity index is 1.61. The number of carbonyl (C=O) groups is 1. The first-order valence-electron chi connectivity index (χ1n) is 7.99. The van der Waals surface area contributed by atoms with Crippen molar-refractivity contribution < 1.29 is 22.7 Å². The van der Waals surface area contributed by atoms with Crippen LogP contribution in [-0.4, -0.2) is 32.3 Å². The summed E-state index contributed by atoms with van der Waals surface area (Å²) in [5.41, 5.74) is 0.294. The second-order valence-electron chi connectivity index (χ2n) is 5.93. The molecule has 0 bridgehead atoms. The molecule has 1 fully saturated rings. The zero-order valence-corrected chi connectivity index (χ0v) is 14.0. The highest BCUT2D eigenvalue weighted by Crippen LogP contribution is 2.34. The van der Waals surface area contributed by atoms with E-state index in [0.717, 1.165) is 24.8 Å². The first-order valence-corrected chi connectivity index (χ1v) is 7.99. The third-order valence-corrected chi connectivity index (χ3v) is 4.15. The summed E-state index contributed by atoms with van der Waals surface area (Å²) >= 11 is 0. The van der Waals surface area contributed by atoms with E-state index in [1.165, 1.54) is 18.2 Å². The maximum absolute atomic E-state index is 13.0. The molecule has 138 valence electrons. The highest BCUT2D eigenvalue weighted by Gasteiger charge is 2.33. The van der Waals surface area contributed by atoms with Crippen molar-refractivity contribution in [3.05, 3.63) is 54.1 Å². The Morgan fingerprint density at radius 1 is 1.08 bits per heavy atom. The van der Waals surface area contributed by atoms with Gasteiger partial charge in [0.15, 0.2) is 0 Å². The largest absolute Gasteiger partial charge is 0.418 e. The van der Waals surface area contributed by atoms with Crippen LogP contribution >= 0.6 is 0 Å². The van der Waals surface area contributed by atoms with Gasteiger partial charge in [-0.3, -0.25) is 0 Å². The molecule has 2 aromatic rings. The Morgan fingerprint density at radius 2 is 1.73 bits per heavy atom. The molecule has 0 radical (unpaired) electrons. The number of urea groups is 1. The van der Waals surface area contributed by atoms with E-state index in [1.807, 2.05) is 12.1 Å². The summed E-state index contributed by atoms with van der Waals surface area (Å²) in [5.74, 6) is 0. The minimum atomic E-state index is -4.54. The van der Waals surface area contributed by atoms with Crippen molar-refractivity contribution in [1.29, 1.82) is 0 Å². The van der Waals surface area contributed by atoms with Crippen LogP contribution in [0.15, 0.2) is 48.5 Å². The molecular formula is C18H18F3N3O2. The van der Waals surface area contributed by atoms with Gasteiger partial charge >= 0.3 is 12.2 Å². The molecule has 26 heavy (non-hydrogen) atoms. The Kier molecular flexibility index (Phi) is 5.03. The fourth-order valence-electron chi connectivity index (χ4n) is 2.68. The SMILES string of the molecule is COC1CN(c2ccc(NC(=O)Nc3ccccc3C(F)(F)F)cc2)C1. The Bertz CT molecular complexity index is 772. The average molecular weight is 365 g/mol. The molecule has 0 saturated carbocycles. The topological polar surface area (TPSA) is 53.6 Å². The number of anilines is 3. The second-order valence-corrected chi connectivity index (χ2v) is 5.93. The van der Waals surface area contributed by atoms with E-state index >= 15 is 0 Å². The lowest BCUT2D eigenvalue weighted by Gasteiger charge is -2.40. The van der Waals surface area contributed by atoms with Gasteiger partial charge < -0.3 is 20.3 Å². The van der Waals surface area contributed by atoms with Crippen LogP contribution < -0.4 is 15.5 Å². The van der Waals surface area contributed by atoms with Crippen LogP contribution in [-0.2, 0) is 10.9 Å². The van der Waals surface area contributed by atoms with Gasteiger partial charge in [-0.25, -0.2) is 4.79 Å². The number of halogens is 3.